The van der Waals surface area contributed by atoms with Gasteiger partial charge in [-0.3, -0.25) is 19.2 Å². The molecular weight excluding hydrogens is 652 g/mol. The smallest absolute Gasteiger partial charge is 0.306 e. The Balaban J connectivity index is 1.36. The van der Waals surface area contributed by atoms with Crippen LogP contribution in [0.4, 0.5) is 0 Å². The first-order valence-corrected chi connectivity index (χ1v) is 15.5. The second kappa shape index (κ2) is 14.4. The van der Waals surface area contributed by atoms with Crippen LogP contribution in [0.3, 0.4) is 0 Å². The Morgan fingerprint density at radius 1 is 0.822 bits per heavy atom. The molecule has 0 aromatic heterocycles. The van der Waals surface area contributed by atoms with Crippen molar-refractivity contribution in [1.82, 2.24) is 9.80 Å². The molecule has 0 spiro atoms. The van der Waals surface area contributed by atoms with Crippen molar-refractivity contribution >= 4 is 39.7 Å². The minimum atomic E-state index is -1.01. The highest BCUT2D eigenvalue weighted by Gasteiger charge is 2.36. The number of nitrogens with zero attached hydrogens (tertiary/aromatic N) is 2. The molecule has 0 bridgehead atoms. The van der Waals surface area contributed by atoms with Gasteiger partial charge in [-0.15, -0.1) is 0 Å². The first-order valence-electron chi connectivity index (χ1n) is 14.7. The normalized spacial score (nSPS) is 16.4. The quantitative estimate of drug-likeness (QED) is 0.265. The molecule has 2 unspecified atom stereocenters. The summed E-state index contributed by atoms with van der Waals surface area (Å²) in [6.45, 7) is 6.67. The number of methoxy groups -OCH3 is 2. The Bertz CT molecular complexity index is 1480. The molecule has 244 valence electrons. The van der Waals surface area contributed by atoms with Gasteiger partial charge in [-0.25, -0.2) is 0 Å². The molecule has 2 N–H and O–H groups in total. The van der Waals surface area contributed by atoms with Gasteiger partial charge < -0.3 is 39.0 Å². The number of hydrogen-bond donors (Lipinski definition) is 2. The van der Waals surface area contributed by atoms with Crippen LogP contribution in [-0.2, 0) is 38.8 Å². The van der Waals surface area contributed by atoms with E-state index in [1.807, 2.05) is 25.1 Å². The lowest BCUT2D eigenvalue weighted by Gasteiger charge is -2.23. The van der Waals surface area contributed by atoms with Gasteiger partial charge in [0.1, 0.15) is 0 Å². The number of carboxylic acid groups (broad SMARTS) is 2. The van der Waals surface area contributed by atoms with Crippen molar-refractivity contribution in [1.29, 1.82) is 0 Å². The fourth-order valence-electron chi connectivity index (χ4n) is 5.54. The number of fused-ring (bicyclic) bond motifs is 2. The van der Waals surface area contributed by atoms with Crippen molar-refractivity contribution in [2.45, 2.75) is 65.7 Å². The molecule has 0 fully saturated rings. The number of amides is 2. The summed E-state index contributed by atoms with van der Waals surface area (Å²) < 4.78 is 24.0. The Morgan fingerprint density at radius 3 is 1.93 bits per heavy atom. The van der Waals surface area contributed by atoms with Gasteiger partial charge in [-0.1, -0.05) is 13.8 Å². The van der Waals surface area contributed by atoms with Crippen molar-refractivity contribution in [2.24, 2.45) is 11.8 Å². The topological polar surface area (TPSA) is 152 Å². The Kier molecular flexibility index (Phi) is 10.8. The third kappa shape index (κ3) is 7.46. The number of halogens is 1. The zero-order chi connectivity index (χ0) is 33.0. The number of hydrogen-bond acceptors (Lipinski definition) is 8. The molecule has 3 atom stereocenters. The highest BCUT2D eigenvalue weighted by molar-refractivity contribution is 9.10. The fourth-order valence-corrected chi connectivity index (χ4v) is 6.43. The van der Waals surface area contributed by atoms with E-state index in [9.17, 15) is 24.3 Å². The monoisotopic (exact) mass is 690 g/mol. The number of carbonyl (C=O) groups is 4. The Morgan fingerprint density at radius 2 is 1.36 bits per heavy atom. The van der Waals surface area contributed by atoms with Crippen LogP contribution in [0.2, 0.25) is 0 Å². The van der Waals surface area contributed by atoms with E-state index in [1.54, 1.807) is 24.0 Å². The second-order valence-corrected chi connectivity index (χ2v) is 12.2. The number of rotatable bonds is 14. The van der Waals surface area contributed by atoms with Gasteiger partial charge >= 0.3 is 11.9 Å². The van der Waals surface area contributed by atoms with Crippen LogP contribution in [0.25, 0.3) is 0 Å². The van der Waals surface area contributed by atoms with E-state index in [0.717, 1.165) is 22.3 Å². The van der Waals surface area contributed by atoms with Crippen LogP contribution in [-0.4, -0.2) is 71.2 Å². The summed E-state index contributed by atoms with van der Waals surface area (Å²) in [7, 11) is 3.09. The van der Waals surface area contributed by atoms with Crippen molar-refractivity contribution in [2.75, 3.05) is 27.4 Å². The molecule has 0 saturated heterocycles. The van der Waals surface area contributed by atoms with E-state index < -0.39 is 23.8 Å². The maximum Gasteiger partial charge on any atom is 0.306 e. The van der Waals surface area contributed by atoms with Crippen LogP contribution in [0.5, 0.6) is 23.0 Å². The van der Waals surface area contributed by atoms with Crippen LogP contribution < -0.4 is 18.9 Å². The second-order valence-electron chi connectivity index (χ2n) is 11.5. The van der Waals surface area contributed by atoms with Crippen molar-refractivity contribution in [3.8, 4) is 23.0 Å². The van der Waals surface area contributed by atoms with Crippen molar-refractivity contribution < 1.29 is 48.3 Å². The molecule has 2 aromatic carbocycles. The summed E-state index contributed by atoms with van der Waals surface area (Å²) in [6, 6.07) is 5.27. The third-order valence-electron chi connectivity index (χ3n) is 8.24. The molecule has 45 heavy (non-hydrogen) atoms. The maximum absolute atomic E-state index is 12.9. The molecule has 2 heterocycles. The lowest BCUT2D eigenvalue weighted by atomic mass is 10.0. The molecule has 0 radical (unpaired) electrons. The molecule has 13 heteroatoms. The third-order valence-corrected chi connectivity index (χ3v) is 9.02. The van der Waals surface area contributed by atoms with Gasteiger partial charge in [0, 0.05) is 38.9 Å². The SMILES string of the molecule is COc1cc2c(cc1OCCCOc1c(OC)cc3c(c1Br)C(C)N(C(=O)CC(C)C(=O)O)C3)CN(C(=O)C[C@H](C)C(=O)O)C2. The molecule has 2 aliphatic heterocycles. The lowest BCUT2D eigenvalue weighted by molar-refractivity contribution is -0.146. The zero-order valence-corrected chi connectivity index (χ0v) is 27.6. The van der Waals surface area contributed by atoms with E-state index >= 15 is 0 Å². The van der Waals surface area contributed by atoms with Gasteiger partial charge in [-0.05, 0) is 63.3 Å². The van der Waals surface area contributed by atoms with E-state index in [-0.39, 0.29) is 30.7 Å². The summed E-state index contributed by atoms with van der Waals surface area (Å²) in [6.07, 6.45) is 0.386. The number of carboxylic acids is 2. The van der Waals surface area contributed by atoms with Crippen molar-refractivity contribution in [3.63, 3.8) is 0 Å². The minimum Gasteiger partial charge on any atom is -0.493 e. The number of ether oxygens (including phenoxy) is 4. The summed E-state index contributed by atoms with van der Waals surface area (Å²) in [5.41, 5.74) is 3.65. The average molecular weight is 692 g/mol. The maximum atomic E-state index is 12.9. The molecule has 2 aromatic rings. The molecule has 0 saturated carbocycles. The zero-order valence-electron chi connectivity index (χ0n) is 26.1. The predicted octanol–water partition coefficient (Wildman–Crippen LogP) is 4.78. The molecular formula is C32H39BrN2O10. The predicted molar refractivity (Wildman–Crippen MR) is 165 cm³/mol. The van der Waals surface area contributed by atoms with Crippen LogP contribution in [0.15, 0.2) is 22.7 Å². The van der Waals surface area contributed by atoms with Gasteiger partial charge in [0.25, 0.3) is 0 Å². The average Bonchev–Trinajstić information content (AvgIpc) is 3.57. The van der Waals surface area contributed by atoms with Crippen LogP contribution in [0.1, 0.15) is 68.3 Å². The highest BCUT2D eigenvalue weighted by atomic mass is 79.9. The standard InChI is InChI=1S/C32H39BrN2O10/c1-17(31(38)39)9-26(36)34-14-20-11-23(42-4)24(12-21(20)15-34)44-7-6-8-45-30-25(43-5)13-22-16-35(19(3)28(22)29(30)33)27(37)10-18(2)32(40)41/h11-13,17-19H,6-10,14-16H2,1-5H3,(H,38,39)(H,40,41)/t17-,18?,19?/m0/s1. The van der Waals surface area contributed by atoms with E-state index in [1.165, 1.54) is 13.8 Å². The summed E-state index contributed by atoms with van der Waals surface area (Å²) >= 11 is 3.66. The van der Waals surface area contributed by atoms with Gasteiger partial charge in [0.05, 0.1) is 49.8 Å². The van der Waals surface area contributed by atoms with Gasteiger partial charge in [-0.2, -0.15) is 0 Å². The number of benzene rings is 2. The lowest BCUT2D eigenvalue weighted by Crippen LogP contribution is -2.30. The van der Waals surface area contributed by atoms with Crippen LogP contribution in [0, 0.1) is 11.8 Å². The summed E-state index contributed by atoms with van der Waals surface area (Å²) in [5, 5.41) is 18.4. The van der Waals surface area contributed by atoms with Gasteiger partial charge in [0.2, 0.25) is 11.8 Å². The first-order chi connectivity index (χ1) is 21.4. The number of aliphatic carboxylic acids is 2. The summed E-state index contributed by atoms with van der Waals surface area (Å²) in [5.74, 6) is -1.88. The van der Waals surface area contributed by atoms with Crippen LogP contribution >= 0.6 is 15.9 Å². The van der Waals surface area contributed by atoms with E-state index in [0.29, 0.717) is 66.7 Å². The molecule has 12 nitrogen and oxygen atoms in total. The van der Waals surface area contributed by atoms with Gasteiger partial charge in [0.15, 0.2) is 23.0 Å². The fraction of sp³-hybridized carbons (Fsp3) is 0.500. The molecule has 2 amide bonds. The first kappa shape index (κ1) is 33.9. The Labute approximate surface area is 270 Å². The van der Waals surface area contributed by atoms with E-state index in [4.69, 9.17) is 24.1 Å². The minimum absolute atomic E-state index is 0.0592. The summed E-state index contributed by atoms with van der Waals surface area (Å²) in [4.78, 5) is 51.2. The molecule has 4 rings (SSSR count). The number of carbonyl (C=O) groups excluding carboxylic acids is 2. The van der Waals surface area contributed by atoms with Crippen molar-refractivity contribution in [3.05, 3.63) is 44.9 Å². The Hall–Kier alpha value is -4.00. The van der Waals surface area contributed by atoms with E-state index in [2.05, 4.69) is 15.9 Å². The molecule has 2 aliphatic rings. The highest BCUT2D eigenvalue weighted by Crippen LogP contribution is 2.47. The largest absolute Gasteiger partial charge is 0.493 e. The molecule has 0 aliphatic carbocycles.